The maximum atomic E-state index is 11.6. The number of benzene rings is 1. The summed E-state index contributed by atoms with van der Waals surface area (Å²) in [5.41, 5.74) is 9.06. The number of carbonyl (C=O) groups excluding carboxylic acids is 1. The van der Waals surface area contributed by atoms with Gasteiger partial charge in [-0.25, -0.2) is 0 Å². The Balaban J connectivity index is 2.61. The number of amides is 1. The van der Waals surface area contributed by atoms with Crippen molar-refractivity contribution < 1.29 is 14.3 Å². The van der Waals surface area contributed by atoms with E-state index in [1.807, 2.05) is 20.8 Å². The van der Waals surface area contributed by atoms with Gasteiger partial charge in [0, 0.05) is 19.7 Å². The first-order valence-electron chi connectivity index (χ1n) is 7.18. The quantitative estimate of drug-likeness (QED) is 0.710. The lowest BCUT2D eigenvalue weighted by molar-refractivity contribution is -0.123. The van der Waals surface area contributed by atoms with Crippen LogP contribution in [0.15, 0.2) is 12.1 Å². The molecule has 0 aliphatic heterocycles. The first-order valence-corrected chi connectivity index (χ1v) is 7.18. The third-order valence-electron chi connectivity index (χ3n) is 3.05. The van der Waals surface area contributed by atoms with E-state index < -0.39 is 0 Å². The van der Waals surface area contributed by atoms with Crippen molar-refractivity contribution in [3.8, 4) is 5.75 Å². The molecule has 0 radical (unpaired) electrons. The van der Waals surface area contributed by atoms with Crippen molar-refractivity contribution in [2.75, 3.05) is 26.9 Å². The van der Waals surface area contributed by atoms with E-state index in [4.69, 9.17) is 15.2 Å². The summed E-state index contributed by atoms with van der Waals surface area (Å²) in [5, 5.41) is 2.72. The molecule has 1 aromatic carbocycles. The van der Waals surface area contributed by atoms with Crippen LogP contribution in [-0.2, 0) is 16.0 Å². The molecule has 1 aromatic rings. The molecule has 1 rings (SSSR count). The van der Waals surface area contributed by atoms with Gasteiger partial charge in [-0.05, 0) is 43.9 Å². The van der Waals surface area contributed by atoms with Crippen molar-refractivity contribution in [1.29, 1.82) is 0 Å². The average molecular weight is 294 g/mol. The van der Waals surface area contributed by atoms with E-state index in [0.29, 0.717) is 13.2 Å². The van der Waals surface area contributed by atoms with Gasteiger partial charge in [0.15, 0.2) is 6.61 Å². The fourth-order valence-electron chi connectivity index (χ4n) is 2.24. The van der Waals surface area contributed by atoms with Crippen LogP contribution in [0, 0.1) is 13.8 Å². The molecular formula is C16H26N2O3. The van der Waals surface area contributed by atoms with Gasteiger partial charge in [0.1, 0.15) is 5.75 Å². The minimum atomic E-state index is -0.148. The van der Waals surface area contributed by atoms with Crippen LogP contribution in [0.1, 0.15) is 23.6 Å². The molecule has 1 amide bonds. The van der Waals surface area contributed by atoms with Gasteiger partial charge in [-0.3, -0.25) is 4.79 Å². The number of hydrogen-bond donors (Lipinski definition) is 2. The Bertz CT molecular complexity index is 450. The van der Waals surface area contributed by atoms with Crippen molar-refractivity contribution in [2.24, 2.45) is 5.73 Å². The molecule has 21 heavy (non-hydrogen) atoms. The third kappa shape index (κ3) is 6.14. The average Bonchev–Trinajstić information content (AvgIpc) is 2.37. The lowest BCUT2D eigenvalue weighted by Crippen LogP contribution is -2.31. The van der Waals surface area contributed by atoms with Crippen LogP contribution >= 0.6 is 0 Å². The Morgan fingerprint density at radius 3 is 2.48 bits per heavy atom. The number of methoxy groups -OCH3 is 1. The SMILES string of the molecule is COCCNC(=O)COc1c(C)cc(CC(C)N)cc1C. The first kappa shape index (κ1) is 17.5. The molecule has 3 N–H and O–H groups in total. The Kier molecular flexibility index (Phi) is 7.19. The molecule has 5 heteroatoms. The summed E-state index contributed by atoms with van der Waals surface area (Å²) < 4.78 is 10.5. The van der Waals surface area contributed by atoms with Gasteiger partial charge >= 0.3 is 0 Å². The van der Waals surface area contributed by atoms with E-state index >= 15 is 0 Å². The number of rotatable bonds is 8. The highest BCUT2D eigenvalue weighted by molar-refractivity contribution is 5.77. The maximum absolute atomic E-state index is 11.6. The molecule has 1 atom stereocenters. The zero-order chi connectivity index (χ0) is 15.8. The summed E-state index contributed by atoms with van der Waals surface area (Å²) >= 11 is 0. The molecule has 0 aliphatic rings. The van der Waals surface area contributed by atoms with Gasteiger partial charge in [0.2, 0.25) is 0 Å². The zero-order valence-electron chi connectivity index (χ0n) is 13.4. The smallest absolute Gasteiger partial charge is 0.258 e. The molecule has 1 unspecified atom stereocenters. The van der Waals surface area contributed by atoms with Gasteiger partial charge in [-0.15, -0.1) is 0 Å². The molecule has 5 nitrogen and oxygen atoms in total. The molecule has 0 aromatic heterocycles. The summed E-state index contributed by atoms with van der Waals surface area (Å²) in [4.78, 5) is 11.6. The van der Waals surface area contributed by atoms with Crippen LogP contribution in [0.5, 0.6) is 5.75 Å². The van der Waals surface area contributed by atoms with Crippen molar-refractivity contribution in [3.05, 3.63) is 28.8 Å². The molecule has 0 spiro atoms. The van der Waals surface area contributed by atoms with Crippen LogP contribution in [-0.4, -0.2) is 38.8 Å². The number of nitrogens with two attached hydrogens (primary N) is 1. The lowest BCUT2D eigenvalue weighted by atomic mass is 10.0. The first-order chi connectivity index (χ1) is 9.93. The number of nitrogens with one attached hydrogen (secondary N) is 1. The Morgan fingerprint density at radius 1 is 1.33 bits per heavy atom. The summed E-state index contributed by atoms with van der Waals surface area (Å²) in [7, 11) is 1.60. The molecule has 0 aliphatic carbocycles. The van der Waals surface area contributed by atoms with E-state index in [9.17, 15) is 4.79 Å². The van der Waals surface area contributed by atoms with Crippen molar-refractivity contribution >= 4 is 5.91 Å². The van der Waals surface area contributed by atoms with Crippen LogP contribution in [0.4, 0.5) is 0 Å². The summed E-state index contributed by atoms with van der Waals surface area (Å²) in [6, 6.07) is 4.25. The molecule has 0 heterocycles. The Labute approximate surface area is 126 Å². The van der Waals surface area contributed by atoms with Crippen LogP contribution in [0.3, 0.4) is 0 Å². The van der Waals surface area contributed by atoms with Crippen LogP contribution in [0.2, 0.25) is 0 Å². The van der Waals surface area contributed by atoms with Crippen molar-refractivity contribution in [2.45, 2.75) is 33.2 Å². The maximum Gasteiger partial charge on any atom is 0.258 e. The molecule has 118 valence electrons. The largest absolute Gasteiger partial charge is 0.483 e. The highest BCUT2D eigenvalue weighted by Gasteiger charge is 2.10. The summed E-state index contributed by atoms with van der Waals surface area (Å²) in [6.45, 7) is 6.95. The van der Waals surface area contributed by atoms with E-state index in [2.05, 4.69) is 17.4 Å². The minimum Gasteiger partial charge on any atom is -0.483 e. The molecule has 0 fully saturated rings. The Hall–Kier alpha value is -1.59. The van der Waals surface area contributed by atoms with E-state index in [1.54, 1.807) is 7.11 Å². The standard InChI is InChI=1S/C16H26N2O3/c1-11-7-14(9-13(3)17)8-12(2)16(11)21-10-15(19)18-5-6-20-4/h7-8,13H,5-6,9-10,17H2,1-4H3,(H,18,19). The molecule has 0 bridgehead atoms. The summed E-state index contributed by atoms with van der Waals surface area (Å²) in [6.07, 6.45) is 0.833. The molecule has 0 saturated carbocycles. The van der Waals surface area contributed by atoms with Crippen molar-refractivity contribution in [1.82, 2.24) is 5.32 Å². The number of carbonyl (C=O) groups is 1. The topological polar surface area (TPSA) is 73.6 Å². The van der Waals surface area contributed by atoms with Gasteiger partial charge in [0.25, 0.3) is 5.91 Å². The lowest BCUT2D eigenvalue weighted by Gasteiger charge is -2.15. The second-order valence-corrected chi connectivity index (χ2v) is 5.37. The number of hydrogen-bond acceptors (Lipinski definition) is 4. The predicted molar refractivity (Wildman–Crippen MR) is 83.7 cm³/mol. The van der Waals surface area contributed by atoms with Gasteiger partial charge in [-0.1, -0.05) is 12.1 Å². The second kappa shape index (κ2) is 8.64. The van der Waals surface area contributed by atoms with E-state index in [1.165, 1.54) is 5.56 Å². The van der Waals surface area contributed by atoms with Gasteiger partial charge < -0.3 is 20.5 Å². The highest BCUT2D eigenvalue weighted by Crippen LogP contribution is 2.25. The van der Waals surface area contributed by atoms with Gasteiger partial charge in [-0.2, -0.15) is 0 Å². The Morgan fingerprint density at radius 2 is 1.95 bits per heavy atom. The summed E-state index contributed by atoms with van der Waals surface area (Å²) in [5.74, 6) is 0.621. The number of aryl methyl sites for hydroxylation is 2. The number of ether oxygens (including phenoxy) is 2. The highest BCUT2D eigenvalue weighted by atomic mass is 16.5. The molecular weight excluding hydrogens is 268 g/mol. The van der Waals surface area contributed by atoms with E-state index in [-0.39, 0.29) is 18.6 Å². The normalized spacial score (nSPS) is 12.0. The van der Waals surface area contributed by atoms with Gasteiger partial charge in [0.05, 0.1) is 6.61 Å². The second-order valence-electron chi connectivity index (χ2n) is 5.37. The zero-order valence-corrected chi connectivity index (χ0v) is 13.4. The van der Waals surface area contributed by atoms with Crippen LogP contribution in [0.25, 0.3) is 0 Å². The predicted octanol–water partition coefficient (Wildman–Crippen LogP) is 1.33. The minimum absolute atomic E-state index is 0.0119. The fraction of sp³-hybridized carbons (Fsp3) is 0.562. The van der Waals surface area contributed by atoms with Crippen LogP contribution < -0.4 is 15.8 Å². The third-order valence-corrected chi connectivity index (χ3v) is 3.05. The van der Waals surface area contributed by atoms with Crippen molar-refractivity contribution in [3.63, 3.8) is 0 Å². The molecule has 0 saturated heterocycles. The van der Waals surface area contributed by atoms with E-state index in [0.717, 1.165) is 23.3 Å². The monoisotopic (exact) mass is 294 g/mol. The fourth-order valence-corrected chi connectivity index (χ4v) is 2.24.